The number of benzene rings is 2. The van der Waals surface area contributed by atoms with Crippen molar-refractivity contribution >= 4 is 56.3 Å². The molecule has 0 aliphatic carbocycles. The van der Waals surface area contributed by atoms with Crippen molar-refractivity contribution in [2.75, 3.05) is 24.2 Å². The quantitative estimate of drug-likeness (QED) is 0.224. The highest BCUT2D eigenvalue weighted by Gasteiger charge is 2.41. The van der Waals surface area contributed by atoms with Gasteiger partial charge < -0.3 is 26.0 Å². The number of carbonyl (C=O) groups is 2. The minimum Gasteiger partial charge on any atom is -0.479 e. The normalized spacial score (nSPS) is 17.2. The van der Waals surface area contributed by atoms with Crippen LogP contribution in [0.25, 0.3) is 10.4 Å². The van der Waals surface area contributed by atoms with Crippen LogP contribution in [0.15, 0.2) is 42.5 Å². The summed E-state index contributed by atoms with van der Waals surface area (Å²) in [6.07, 6.45) is 0.808. The van der Waals surface area contributed by atoms with E-state index in [1.165, 1.54) is 16.4 Å². The zero-order valence-electron chi connectivity index (χ0n) is 22.2. The first-order valence-corrected chi connectivity index (χ1v) is 15.3. The first kappa shape index (κ1) is 30.6. The average Bonchev–Trinajstić information content (AvgIpc) is 3.19. The van der Waals surface area contributed by atoms with E-state index in [0.717, 1.165) is 0 Å². The molecule has 1 unspecified atom stereocenters. The number of piperidine rings is 1. The first-order chi connectivity index (χ1) is 19.2. The summed E-state index contributed by atoms with van der Waals surface area (Å²) in [5, 5.41) is 21.4. The van der Waals surface area contributed by atoms with Gasteiger partial charge in [-0.1, -0.05) is 35.9 Å². The Hall–Kier alpha value is -3.39. The van der Waals surface area contributed by atoms with Crippen LogP contribution in [-0.2, 0) is 20.6 Å². The van der Waals surface area contributed by atoms with Crippen molar-refractivity contribution in [3.05, 3.63) is 63.7 Å². The number of halogens is 2. The molecule has 2 aromatic carbocycles. The molecule has 1 aliphatic rings. The molecule has 1 aromatic heterocycles. The van der Waals surface area contributed by atoms with Gasteiger partial charge in [-0.3, -0.25) is 0 Å². The Kier molecular flexibility index (Phi) is 8.83. The van der Waals surface area contributed by atoms with Gasteiger partial charge in [0.05, 0.1) is 16.3 Å². The van der Waals surface area contributed by atoms with E-state index in [0.29, 0.717) is 35.4 Å². The molecule has 14 heteroatoms. The molecule has 41 heavy (non-hydrogen) atoms. The van der Waals surface area contributed by atoms with E-state index in [9.17, 15) is 23.1 Å². The van der Waals surface area contributed by atoms with Crippen LogP contribution in [0.2, 0.25) is 5.02 Å². The highest BCUT2D eigenvalue weighted by molar-refractivity contribution is 7.88. The molecule has 10 nitrogen and oxygen atoms in total. The van der Waals surface area contributed by atoms with Crippen LogP contribution < -0.4 is 15.8 Å². The maximum atomic E-state index is 15.8. The van der Waals surface area contributed by atoms with Crippen molar-refractivity contribution in [2.45, 2.75) is 44.0 Å². The third kappa shape index (κ3) is 6.75. The standard InChI is InChI=1S/C27H29ClFN3O7S2/c1-27(2)12-17(9-10-32(27)41(37,38)14-15-5-3-6-16(30)11-15)31-19-8-4-7-18(22(19)29)24-21(28)23(39-13-20(33)34)25(40-24)26(35)36/h3-8,11,17,31H,9-10,12-14,30H2,1-2H3,(H,33,34)(H,35,36). The first-order valence-electron chi connectivity index (χ1n) is 12.5. The molecule has 0 saturated carbocycles. The van der Waals surface area contributed by atoms with Crippen molar-refractivity contribution in [2.24, 2.45) is 0 Å². The molecular weight excluding hydrogens is 597 g/mol. The number of nitrogens with two attached hydrogens (primary N) is 1. The molecule has 0 radical (unpaired) electrons. The van der Waals surface area contributed by atoms with Crippen molar-refractivity contribution in [1.29, 1.82) is 0 Å². The Morgan fingerprint density at radius 1 is 1.24 bits per heavy atom. The number of carboxylic acids is 2. The van der Waals surface area contributed by atoms with E-state index in [1.807, 2.05) is 13.8 Å². The highest BCUT2D eigenvalue weighted by atomic mass is 35.5. The summed E-state index contributed by atoms with van der Waals surface area (Å²) < 4.78 is 48.9. The maximum absolute atomic E-state index is 15.8. The number of sulfonamides is 1. The van der Waals surface area contributed by atoms with Crippen LogP contribution >= 0.6 is 22.9 Å². The lowest BCUT2D eigenvalue weighted by Crippen LogP contribution is -2.55. The van der Waals surface area contributed by atoms with Gasteiger partial charge in [0, 0.05) is 29.4 Å². The Balaban J connectivity index is 1.54. The van der Waals surface area contributed by atoms with Gasteiger partial charge in [-0.2, -0.15) is 4.31 Å². The number of hydrogen-bond acceptors (Lipinski definition) is 8. The number of nitrogen functional groups attached to an aromatic ring is 1. The second-order valence-corrected chi connectivity index (χ2v) is 13.6. The molecule has 1 aliphatic heterocycles. The summed E-state index contributed by atoms with van der Waals surface area (Å²) in [6.45, 7) is 3.05. The van der Waals surface area contributed by atoms with Crippen molar-refractivity contribution in [1.82, 2.24) is 4.31 Å². The molecule has 0 amide bonds. The molecule has 1 atom stereocenters. The van der Waals surface area contributed by atoms with Crippen LogP contribution in [0, 0.1) is 5.82 Å². The number of aliphatic carboxylic acids is 1. The van der Waals surface area contributed by atoms with Gasteiger partial charge in [-0.15, -0.1) is 11.3 Å². The van der Waals surface area contributed by atoms with Gasteiger partial charge in [0.25, 0.3) is 0 Å². The minimum atomic E-state index is -3.67. The number of aromatic carboxylic acids is 1. The fourth-order valence-electron chi connectivity index (χ4n) is 5.00. The van der Waals surface area contributed by atoms with E-state index in [-0.39, 0.29) is 50.1 Å². The lowest BCUT2D eigenvalue weighted by Gasteiger charge is -2.45. The summed E-state index contributed by atoms with van der Waals surface area (Å²) in [4.78, 5) is 22.4. The number of carboxylic acid groups (broad SMARTS) is 2. The van der Waals surface area contributed by atoms with Gasteiger partial charge >= 0.3 is 11.9 Å². The smallest absolute Gasteiger partial charge is 0.349 e. The number of rotatable bonds is 10. The van der Waals surface area contributed by atoms with Crippen molar-refractivity contribution < 1.29 is 37.3 Å². The number of ether oxygens (including phenoxy) is 1. The average molecular weight is 626 g/mol. The molecule has 1 saturated heterocycles. The predicted molar refractivity (Wildman–Crippen MR) is 156 cm³/mol. The number of anilines is 2. The Bertz CT molecular complexity index is 1590. The maximum Gasteiger partial charge on any atom is 0.349 e. The minimum absolute atomic E-state index is 0.0130. The Morgan fingerprint density at radius 3 is 2.59 bits per heavy atom. The summed E-state index contributed by atoms with van der Waals surface area (Å²) in [6, 6.07) is 11.0. The van der Waals surface area contributed by atoms with Crippen molar-refractivity contribution in [3.63, 3.8) is 0 Å². The van der Waals surface area contributed by atoms with Gasteiger partial charge in [-0.05, 0) is 50.5 Å². The molecule has 1 fully saturated rings. The molecule has 0 bridgehead atoms. The van der Waals surface area contributed by atoms with E-state index >= 15 is 4.39 Å². The second-order valence-electron chi connectivity index (χ2n) is 10.3. The van der Waals surface area contributed by atoms with Gasteiger partial charge in [0.1, 0.15) is 5.02 Å². The van der Waals surface area contributed by atoms with Crippen LogP contribution in [-0.4, -0.2) is 59.6 Å². The third-order valence-corrected chi connectivity index (χ3v) is 10.4. The highest BCUT2D eigenvalue weighted by Crippen LogP contribution is 2.47. The Morgan fingerprint density at radius 2 is 1.95 bits per heavy atom. The van der Waals surface area contributed by atoms with Gasteiger partial charge in [-0.25, -0.2) is 22.4 Å². The lowest BCUT2D eigenvalue weighted by atomic mass is 9.89. The molecule has 3 aromatic rings. The van der Waals surface area contributed by atoms with E-state index < -0.39 is 39.9 Å². The fraction of sp³-hybridized carbons (Fsp3) is 0.333. The summed E-state index contributed by atoms with van der Waals surface area (Å²) in [5.41, 5.74) is 6.26. The number of thiophene rings is 1. The molecule has 4 rings (SSSR count). The summed E-state index contributed by atoms with van der Waals surface area (Å²) >= 11 is 7.02. The molecule has 0 spiro atoms. The van der Waals surface area contributed by atoms with Crippen LogP contribution in [0.5, 0.6) is 5.75 Å². The molecular formula is C27H29ClFN3O7S2. The van der Waals surface area contributed by atoms with Gasteiger partial charge in [0.2, 0.25) is 10.0 Å². The van der Waals surface area contributed by atoms with E-state index in [2.05, 4.69) is 5.32 Å². The summed E-state index contributed by atoms with van der Waals surface area (Å²) in [5.74, 6) is -3.93. The lowest BCUT2D eigenvalue weighted by molar-refractivity contribution is -0.139. The zero-order chi connectivity index (χ0) is 30.1. The molecule has 220 valence electrons. The van der Waals surface area contributed by atoms with Gasteiger partial charge in [0.15, 0.2) is 23.1 Å². The second kappa shape index (κ2) is 11.8. The number of hydrogen-bond donors (Lipinski definition) is 4. The summed E-state index contributed by atoms with van der Waals surface area (Å²) in [7, 11) is -3.67. The van der Waals surface area contributed by atoms with Crippen LogP contribution in [0.3, 0.4) is 0 Å². The van der Waals surface area contributed by atoms with Crippen LogP contribution in [0.1, 0.15) is 41.9 Å². The fourth-order valence-corrected chi connectivity index (χ4v) is 8.39. The van der Waals surface area contributed by atoms with Crippen molar-refractivity contribution in [3.8, 4) is 16.2 Å². The predicted octanol–water partition coefficient (Wildman–Crippen LogP) is 5.14. The van der Waals surface area contributed by atoms with E-state index in [4.69, 9.17) is 27.2 Å². The van der Waals surface area contributed by atoms with Crippen LogP contribution in [0.4, 0.5) is 15.8 Å². The largest absolute Gasteiger partial charge is 0.479 e. The van der Waals surface area contributed by atoms with E-state index in [1.54, 1.807) is 30.3 Å². The Labute approximate surface area is 245 Å². The third-order valence-electron chi connectivity index (χ3n) is 6.68. The SMILES string of the molecule is CC1(C)CC(Nc2cccc(-c3sc(C(=O)O)c(OCC(=O)O)c3Cl)c2F)CCN1S(=O)(=O)Cc1cccc(N)c1. The topological polar surface area (TPSA) is 159 Å². The zero-order valence-corrected chi connectivity index (χ0v) is 24.6. The molecule has 5 N–H and O–H groups in total. The number of nitrogens with zero attached hydrogens (tertiary/aromatic N) is 1. The number of nitrogens with one attached hydrogen (secondary N) is 1. The molecule has 2 heterocycles. The monoisotopic (exact) mass is 625 g/mol.